The molecule has 4 atom stereocenters. The van der Waals surface area contributed by atoms with E-state index in [0.717, 1.165) is 12.8 Å². The molecule has 4 unspecified atom stereocenters. The normalized spacial score (nSPS) is 49.2. The highest BCUT2D eigenvalue weighted by molar-refractivity contribution is 4.81. The molecule has 0 heterocycles. The first-order valence-corrected chi connectivity index (χ1v) is 3.97. The molecular weight excluding hydrogens is 128 g/mol. The van der Waals surface area contributed by atoms with Crippen molar-refractivity contribution >= 4 is 0 Å². The van der Waals surface area contributed by atoms with Crippen molar-refractivity contribution in [3.8, 4) is 0 Å². The summed E-state index contributed by atoms with van der Waals surface area (Å²) in [5, 5.41) is 18.6. The van der Waals surface area contributed by atoms with Gasteiger partial charge in [0.1, 0.15) is 0 Å². The van der Waals surface area contributed by atoms with Gasteiger partial charge in [-0.15, -0.1) is 0 Å². The number of aliphatic hydroxyl groups is 2. The third-order valence-electron chi connectivity index (χ3n) is 2.40. The first-order valence-electron chi connectivity index (χ1n) is 3.97. The number of aliphatic hydroxyl groups excluding tert-OH is 2. The van der Waals surface area contributed by atoms with Crippen molar-refractivity contribution < 1.29 is 10.2 Å². The summed E-state index contributed by atoms with van der Waals surface area (Å²) in [7, 11) is 0. The highest BCUT2D eigenvalue weighted by atomic mass is 16.3. The van der Waals surface area contributed by atoms with E-state index in [0.29, 0.717) is 5.92 Å². The van der Waals surface area contributed by atoms with E-state index in [-0.39, 0.29) is 5.92 Å². The fraction of sp³-hybridized carbons (Fsp3) is 1.00. The Bertz CT molecular complexity index is 102. The van der Waals surface area contributed by atoms with Crippen molar-refractivity contribution in [3.63, 3.8) is 0 Å². The van der Waals surface area contributed by atoms with Gasteiger partial charge in [0.05, 0.1) is 12.2 Å². The van der Waals surface area contributed by atoms with Gasteiger partial charge in [-0.2, -0.15) is 0 Å². The van der Waals surface area contributed by atoms with Crippen LogP contribution in [0, 0.1) is 11.8 Å². The Labute approximate surface area is 61.9 Å². The Morgan fingerprint density at radius 1 is 1.10 bits per heavy atom. The van der Waals surface area contributed by atoms with E-state index in [2.05, 4.69) is 6.92 Å². The Morgan fingerprint density at radius 2 is 1.70 bits per heavy atom. The van der Waals surface area contributed by atoms with Crippen LogP contribution in [0.4, 0.5) is 0 Å². The summed E-state index contributed by atoms with van der Waals surface area (Å²) in [4.78, 5) is 0. The van der Waals surface area contributed by atoms with E-state index in [1.165, 1.54) is 0 Å². The van der Waals surface area contributed by atoms with Crippen LogP contribution in [0.15, 0.2) is 0 Å². The van der Waals surface area contributed by atoms with Crippen LogP contribution in [0.2, 0.25) is 0 Å². The molecule has 0 spiro atoms. The largest absolute Gasteiger partial charge is 0.390 e. The van der Waals surface area contributed by atoms with E-state index in [9.17, 15) is 10.2 Å². The lowest BCUT2D eigenvalue weighted by molar-refractivity contribution is -0.0537. The molecule has 1 fully saturated rings. The molecule has 0 aromatic carbocycles. The highest BCUT2D eigenvalue weighted by Crippen LogP contribution is 2.28. The molecule has 2 heteroatoms. The zero-order valence-electron chi connectivity index (χ0n) is 6.62. The predicted octanol–water partition coefficient (Wildman–Crippen LogP) is 0.774. The van der Waals surface area contributed by atoms with E-state index >= 15 is 0 Å². The van der Waals surface area contributed by atoms with Gasteiger partial charge in [-0.3, -0.25) is 0 Å². The lowest BCUT2D eigenvalue weighted by Gasteiger charge is -2.33. The van der Waals surface area contributed by atoms with Crippen LogP contribution >= 0.6 is 0 Å². The van der Waals surface area contributed by atoms with E-state index in [4.69, 9.17) is 0 Å². The summed E-state index contributed by atoms with van der Waals surface area (Å²) < 4.78 is 0. The van der Waals surface area contributed by atoms with Gasteiger partial charge in [-0.05, 0) is 24.7 Å². The van der Waals surface area contributed by atoms with Gasteiger partial charge in [0.2, 0.25) is 0 Å². The molecule has 0 bridgehead atoms. The monoisotopic (exact) mass is 144 g/mol. The van der Waals surface area contributed by atoms with Crippen LogP contribution in [0.3, 0.4) is 0 Å². The van der Waals surface area contributed by atoms with Gasteiger partial charge in [-0.1, -0.05) is 13.8 Å². The number of hydrogen-bond acceptors (Lipinski definition) is 2. The second-order valence-electron chi connectivity index (χ2n) is 3.61. The Hall–Kier alpha value is -0.0800. The third-order valence-corrected chi connectivity index (χ3v) is 2.40. The van der Waals surface area contributed by atoms with Gasteiger partial charge < -0.3 is 10.2 Å². The van der Waals surface area contributed by atoms with Crippen molar-refractivity contribution in [3.05, 3.63) is 0 Å². The Morgan fingerprint density at radius 3 is 2.20 bits per heavy atom. The average Bonchev–Trinajstić information content (AvgIpc) is 1.82. The lowest BCUT2D eigenvalue weighted by atomic mass is 9.80. The van der Waals surface area contributed by atoms with Gasteiger partial charge in [0.25, 0.3) is 0 Å². The van der Waals surface area contributed by atoms with Crippen molar-refractivity contribution in [2.75, 3.05) is 0 Å². The van der Waals surface area contributed by atoms with Crippen molar-refractivity contribution in [2.24, 2.45) is 11.8 Å². The fourth-order valence-electron chi connectivity index (χ4n) is 1.80. The highest BCUT2D eigenvalue weighted by Gasteiger charge is 2.30. The van der Waals surface area contributed by atoms with Crippen molar-refractivity contribution in [1.82, 2.24) is 0 Å². The second-order valence-corrected chi connectivity index (χ2v) is 3.61. The minimum Gasteiger partial charge on any atom is -0.390 e. The molecule has 0 radical (unpaired) electrons. The SMILES string of the molecule is CC1CC(C)C(O)C(O)C1. The van der Waals surface area contributed by atoms with Crippen LogP contribution in [0.5, 0.6) is 0 Å². The topological polar surface area (TPSA) is 40.5 Å². The summed E-state index contributed by atoms with van der Waals surface area (Å²) in [6.45, 7) is 4.11. The van der Waals surface area contributed by atoms with Gasteiger partial charge in [-0.25, -0.2) is 0 Å². The second kappa shape index (κ2) is 2.89. The standard InChI is InChI=1S/C8H16O2/c1-5-3-6(2)8(10)7(9)4-5/h5-10H,3-4H2,1-2H3. The molecule has 0 saturated heterocycles. The maximum absolute atomic E-state index is 9.31. The fourth-order valence-corrected chi connectivity index (χ4v) is 1.80. The van der Waals surface area contributed by atoms with Crippen LogP contribution in [0.25, 0.3) is 0 Å². The Balaban J connectivity index is 2.49. The predicted molar refractivity (Wildman–Crippen MR) is 39.6 cm³/mol. The maximum atomic E-state index is 9.31. The number of hydrogen-bond donors (Lipinski definition) is 2. The molecule has 0 amide bonds. The molecule has 2 N–H and O–H groups in total. The minimum atomic E-state index is -0.490. The third kappa shape index (κ3) is 1.50. The van der Waals surface area contributed by atoms with Crippen molar-refractivity contribution in [1.29, 1.82) is 0 Å². The quantitative estimate of drug-likeness (QED) is 0.527. The number of rotatable bonds is 0. The zero-order chi connectivity index (χ0) is 7.72. The molecule has 2 nitrogen and oxygen atoms in total. The smallest absolute Gasteiger partial charge is 0.0824 e. The van der Waals surface area contributed by atoms with Crippen molar-refractivity contribution in [2.45, 2.75) is 38.9 Å². The molecule has 1 saturated carbocycles. The van der Waals surface area contributed by atoms with Gasteiger partial charge in [0.15, 0.2) is 0 Å². The molecule has 10 heavy (non-hydrogen) atoms. The Kier molecular flexibility index (Phi) is 2.32. The molecule has 0 aromatic rings. The average molecular weight is 144 g/mol. The van der Waals surface area contributed by atoms with Crippen LogP contribution in [-0.2, 0) is 0 Å². The maximum Gasteiger partial charge on any atom is 0.0824 e. The van der Waals surface area contributed by atoms with Crippen LogP contribution < -0.4 is 0 Å². The van der Waals surface area contributed by atoms with E-state index < -0.39 is 12.2 Å². The molecule has 60 valence electrons. The van der Waals surface area contributed by atoms with E-state index in [1.54, 1.807) is 0 Å². The first kappa shape index (κ1) is 8.02. The first-order chi connectivity index (χ1) is 4.61. The molecule has 1 aliphatic rings. The molecule has 0 aromatic heterocycles. The summed E-state index contributed by atoms with van der Waals surface area (Å²) in [5.74, 6) is 0.826. The molecule has 1 rings (SSSR count). The summed E-state index contributed by atoms with van der Waals surface area (Å²) in [6, 6.07) is 0. The summed E-state index contributed by atoms with van der Waals surface area (Å²) in [6.07, 6.45) is 0.818. The molecule has 1 aliphatic carbocycles. The van der Waals surface area contributed by atoms with Gasteiger partial charge >= 0.3 is 0 Å². The van der Waals surface area contributed by atoms with Gasteiger partial charge in [0, 0.05) is 0 Å². The van der Waals surface area contributed by atoms with E-state index in [1.807, 2.05) is 6.92 Å². The molecular formula is C8H16O2. The van der Waals surface area contributed by atoms with Crippen LogP contribution in [0.1, 0.15) is 26.7 Å². The zero-order valence-corrected chi connectivity index (χ0v) is 6.62. The van der Waals surface area contributed by atoms with Crippen LogP contribution in [-0.4, -0.2) is 22.4 Å². The summed E-state index contributed by atoms with van der Waals surface area (Å²) >= 11 is 0. The summed E-state index contributed by atoms with van der Waals surface area (Å²) in [5.41, 5.74) is 0. The molecule has 0 aliphatic heterocycles. The minimum absolute atomic E-state index is 0.263. The lowest BCUT2D eigenvalue weighted by Crippen LogP contribution is -2.38.